The van der Waals surface area contributed by atoms with Crippen molar-refractivity contribution in [1.29, 1.82) is 0 Å². The van der Waals surface area contributed by atoms with E-state index in [4.69, 9.17) is 16.6 Å². The minimum Gasteiger partial charge on any atom is -0.476 e. The number of fused-ring (bicyclic) bond motifs is 1. The maximum atomic E-state index is 13.5. The van der Waals surface area contributed by atoms with Crippen molar-refractivity contribution >= 4 is 45.9 Å². The number of carboxylic acid groups (broad SMARTS) is 1. The summed E-state index contributed by atoms with van der Waals surface area (Å²) in [6.07, 6.45) is 1.82. The van der Waals surface area contributed by atoms with Crippen LogP contribution in [0, 0.1) is 13.8 Å². The molecule has 11 heteroatoms. The molecule has 10 nitrogen and oxygen atoms in total. The lowest BCUT2D eigenvalue weighted by Crippen LogP contribution is -2.48. The third-order valence-corrected chi connectivity index (χ3v) is 7.23. The molecule has 1 aliphatic heterocycles. The number of nitrogens with one attached hydrogen (secondary N) is 1. The van der Waals surface area contributed by atoms with Crippen LogP contribution >= 0.6 is 11.6 Å². The Morgan fingerprint density at radius 3 is 2.44 bits per heavy atom. The molecule has 0 bridgehead atoms. The van der Waals surface area contributed by atoms with Crippen LogP contribution in [-0.2, 0) is 7.05 Å². The molecule has 0 unspecified atom stereocenters. The Balaban J connectivity index is 1.49. The van der Waals surface area contributed by atoms with Gasteiger partial charge in [0.2, 0.25) is 5.95 Å². The fraction of sp³-hybridized carbons (Fsp3) is 0.321. The van der Waals surface area contributed by atoms with Crippen molar-refractivity contribution in [2.24, 2.45) is 7.05 Å². The van der Waals surface area contributed by atoms with Gasteiger partial charge in [0, 0.05) is 45.0 Å². The molecular formula is C28H30ClN7O3. The molecule has 0 radical (unpaired) electrons. The lowest BCUT2D eigenvalue weighted by Gasteiger charge is -2.36. The number of pyridine rings is 2. The number of piperazine rings is 1. The molecule has 39 heavy (non-hydrogen) atoms. The number of benzene rings is 1. The fourth-order valence-electron chi connectivity index (χ4n) is 5.01. The van der Waals surface area contributed by atoms with Crippen molar-refractivity contribution in [2.75, 3.05) is 41.3 Å². The van der Waals surface area contributed by atoms with Gasteiger partial charge in [-0.15, -0.1) is 0 Å². The summed E-state index contributed by atoms with van der Waals surface area (Å²) in [7, 11) is 1.75. The highest BCUT2D eigenvalue weighted by Gasteiger charge is 2.24. The van der Waals surface area contributed by atoms with Gasteiger partial charge in [-0.2, -0.15) is 0 Å². The molecule has 4 aromatic rings. The van der Waals surface area contributed by atoms with Crippen LogP contribution in [0.15, 0.2) is 47.4 Å². The Morgan fingerprint density at radius 2 is 1.74 bits per heavy atom. The molecule has 0 amide bonds. The molecule has 1 atom stereocenters. The fourth-order valence-corrected chi connectivity index (χ4v) is 5.16. The van der Waals surface area contributed by atoms with Crippen molar-refractivity contribution < 1.29 is 9.90 Å². The van der Waals surface area contributed by atoms with E-state index in [-0.39, 0.29) is 22.4 Å². The molecule has 202 valence electrons. The lowest BCUT2D eigenvalue weighted by atomic mass is 10.0. The first kappa shape index (κ1) is 26.4. The summed E-state index contributed by atoms with van der Waals surface area (Å²) in [5.41, 5.74) is 3.48. The average molecular weight is 548 g/mol. The Hall–Kier alpha value is -4.18. The number of aryl methyl sites for hydroxylation is 2. The lowest BCUT2D eigenvalue weighted by molar-refractivity contribution is 0.0691. The van der Waals surface area contributed by atoms with Crippen molar-refractivity contribution in [3.8, 4) is 0 Å². The molecule has 0 aliphatic carbocycles. The first-order valence-corrected chi connectivity index (χ1v) is 13.1. The first-order valence-electron chi connectivity index (χ1n) is 12.7. The summed E-state index contributed by atoms with van der Waals surface area (Å²) in [4.78, 5) is 43.1. The summed E-state index contributed by atoms with van der Waals surface area (Å²) in [5.74, 6) is 0.363. The zero-order valence-corrected chi connectivity index (χ0v) is 23.0. The molecule has 5 rings (SSSR count). The largest absolute Gasteiger partial charge is 0.476 e. The molecule has 2 N–H and O–H groups in total. The van der Waals surface area contributed by atoms with Gasteiger partial charge in [0.15, 0.2) is 5.69 Å². The maximum Gasteiger partial charge on any atom is 0.356 e. The third-order valence-electron chi connectivity index (χ3n) is 7.02. The summed E-state index contributed by atoms with van der Waals surface area (Å²) in [5, 5.41) is 13.5. The Labute approximate surface area is 230 Å². The van der Waals surface area contributed by atoms with E-state index in [1.807, 2.05) is 38.2 Å². The van der Waals surface area contributed by atoms with Crippen LogP contribution in [0.5, 0.6) is 0 Å². The summed E-state index contributed by atoms with van der Waals surface area (Å²) in [6, 6.07) is 10.6. The van der Waals surface area contributed by atoms with Crippen LogP contribution in [0.1, 0.15) is 40.1 Å². The number of rotatable bonds is 6. The molecule has 1 saturated heterocycles. The van der Waals surface area contributed by atoms with E-state index < -0.39 is 5.97 Å². The molecule has 0 spiro atoms. The van der Waals surface area contributed by atoms with Crippen LogP contribution < -0.4 is 20.7 Å². The van der Waals surface area contributed by atoms with E-state index in [1.54, 1.807) is 17.7 Å². The van der Waals surface area contributed by atoms with E-state index in [9.17, 15) is 14.7 Å². The third kappa shape index (κ3) is 5.24. The number of aromatic carboxylic acids is 1. The second-order valence-corrected chi connectivity index (χ2v) is 10.3. The van der Waals surface area contributed by atoms with Gasteiger partial charge in [-0.1, -0.05) is 17.7 Å². The van der Waals surface area contributed by atoms with Gasteiger partial charge in [0.25, 0.3) is 5.56 Å². The minimum absolute atomic E-state index is 0.0969. The normalized spacial score (nSPS) is 14.5. The van der Waals surface area contributed by atoms with Gasteiger partial charge in [-0.3, -0.25) is 9.36 Å². The number of carboxylic acids is 1. The van der Waals surface area contributed by atoms with Crippen LogP contribution in [-0.4, -0.2) is 56.8 Å². The van der Waals surface area contributed by atoms with E-state index in [1.165, 1.54) is 6.07 Å². The molecule has 1 fully saturated rings. The maximum absolute atomic E-state index is 13.5. The van der Waals surface area contributed by atoms with Crippen LogP contribution in [0.2, 0.25) is 5.15 Å². The first-order chi connectivity index (χ1) is 18.6. The monoisotopic (exact) mass is 547 g/mol. The van der Waals surface area contributed by atoms with E-state index in [0.717, 1.165) is 35.6 Å². The zero-order valence-electron chi connectivity index (χ0n) is 22.3. The standard InChI is InChI=1S/C28H30ClN7O3/c1-16-7-8-30-23(15-16)35-9-11-36(12-10-35)28-33-24-19(13-17(2)14-20(24)26(37)34(28)4)18(3)31-21-5-6-22(29)32-25(21)27(38)39/h5-8,13-15,18,31H,9-12H2,1-4H3,(H,38,39)/t18-/m1/s1. The van der Waals surface area contributed by atoms with Crippen molar-refractivity contribution in [1.82, 2.24) is 19.5 Å². The number of nitrogens with zero attached hydrogens (tertiary/aromatic N) is 6. The van der Waals surface area contributed by atoms with E-state index >= 15 is 0 Å². The number of hydrogen-bond acceptors (Lipinski definition) is 8. The molecule has 0 saturated carbocycles. The summed E-state index contributed by atoms with van der Waals surface area (Å²) in [6.45, 7) is 8.77. The molecule has 3 aromatic heterocycles. The molecule has 1 aliphatic rings. The Kier molecular flexibility index (Phi) is 7.14. The SMILES string of the molecule is Cc1ccnc(N2CCN(c3nc4c([C@@H](C)Nc5ccc(Cl)nc5C(=O)O)cc(C)cc4c(=O)n3C)CC2)c1. The van der Waals surface area contributed by atoms with Crippen molar-refractivity contribution in [2.45, 2.75) is 26.8 Å². The molecule has 4 heterocycles. The van der Waals surface area contributed by atoms with Gasteiger partial charge in [-0.05, 0) is 62.2 Å². The number of carbonyl (C=O) groups is 1. The second-order valence-electron chi connectivity index (χ2n) is 9.89. The smallest absolute Gasteiger partial charge is 0.356 e. The second kappa shape index (κ2) is 10.5. The zero-order chi connectivity index (χ0) is 27.8. The van der Waals surface area contributed by atoms with Crippen LogP contribution in [0.25, 0.3) is 10.9 Å². The molecular weight excluding hydrogens is 518 g/mol. The Morgan fingerprint density at radius 1 is 1.03 bits per heavy atom. The highest BCUT2D eigenvalue weighted by Crippen LogP contribution is 2.29. The number of halogens is 1. The van der Waals surface area contributed by atoms with Gasteiger partial charge in [0.1, 0.15) is 11.0 Å². The summed E-state index contributed by atoms with van der Waals surface area (Å²) >= 11 is 5.93. The highest BCUT2D eigenvalue weighted by molar-refractivity contribution is 6.29. The number of hydrogen-bond donors (Lipinski definition) is 2. The number of anilines is 3. The topological polar surface area (TPSA) is 116 Å². The quantitative estimate of drug-likeness (QED) is 0.343. The highest BCUT2D eigenvalue weighted by atomic mass is 35.5. The Bertz CT molecular complexity index is 1630. The molecule has 1 aromatic carbocycles. The van der Waals surface area contributed by atoms with E-state index in [0.29, 0.717) is 35.6 Å². The summed E-state index contributed by atoms with van der Waals surface area (Å²) < 4.78 is 1.61. The van der Waals surface area contributed by atoms with Crippen molar-refractivity contribution in [3.05, 3.63) is 80.5 Å². The number of aromatic nitrogens is 4. The van der Waals surface area contributed by atoms with Gasteiger partial charge in [0.05, 0.1) is 22.6 Å². The average Bonchev–Trinajstić information content (AvgIpc) is 2.91. The van der Waals surface area contributed by atoms with Crippen LogP contribution in [0.3, 0.4) is 0 Å². The van der Waals surface area contributed by atoms with Gasteiger partial charge < -0.3 is 20.2 Å². The van der Waals surface area contributed by atoms with Crippen molar-refractivity contribution in [3.63, 3.8) is 0 Å². The van der Waals surface area contributed by atoms with Crippen LogP contribution in [0.4, 0.5) is 17.5 Å². The minimum atomic E-state index is -1.18. The predicted octanol–water partition coefficient (Wildman–Crippen LogP) is 4.19. The van der Waals surface area contributed by atoms with Gasteiger partial charge in [-0.25, -0.2) is 19.7 Å². The predicted molar refractivity (Wildman–Crippen MR) is 153 cm³/mol. The van der Waals surface area contributed by atoms with E-state index in [2.05, 4.69) is 38.1 Å². The van der Waals surface area contributed by atoms with Gasteiger partial charge >= 0.3 is 5.97 Å².